The second-order valence-electron chi connectivity index (χ2n) is 4.63. The lowest BCUT2D eigenvalue weighted by atomic mass is 10.1. The van der Waals surface area contributed by atoms with Gasteiger partial charge in [0.05, 0.1) is 0 Å². The number of rotatable bonds is 4. The fourth-order valence-corrected chi connectivity index (χ4v) is 1.88. The van der Waals surface area contributed by atoms with Gasteiger partial charge in [-0.2, -0.15) is 0 Å². The van der Waals surface area contributed by atoms with Crippen molar-refractivity contribution in [3.8, 4) is 0 Å². The summed E-state index contributed by atoms with van der Waals surface area (Å²) in [6.07, 6.45) is 3.87. The maximum Gasteiger partial charge on any atom is 0.160 e. The largest absolute Gasteiger partial charge is 0.399 e. The fraction of sp³-hybridized carbons (Fsp3) is 0.118. The molecule has 0 radical (unpaired) electrons. The first-order valence-electron chi connectivity index (χ1n) is 6.25. The van der Waals surface area contributed by atoms with E-state index in [0.717, 1.165) is 16.8 Å². The van der Waals surface area contributed by atoms with Crippen LogP contribution >= 0.6 is 0 Å². The third-order valence-electron chi connectivity index (χ3n) is 2.86. The Kier molecular flexibility index (Phi) is 4.14. The summed E-state index contributed by atoms with van der Waals surface area (Å²) in [6, 6.07) is 15.4. The van der Waals surface area contributed by atoms with Gasteiger partial charge < -0.3 is 5.73 Å². The van der Waals surface area contributed by atoms with Crippen LogP contribution in [-0.4, -0.2) is 5.78 Å². The van der Waals surface area contributed by atoms with Crippen LogP contribution in [0.1, 0.15) is 16.7 Å². The third-order valence-corrected chi connectivity index (χ3v) is 2.86. The van der Waals surface area contributed by atoms with Crippen LogP contribution in [0.2, 0.25) is 0 Å². The van der Waals surface area contributed by atoms with Crippen LogP contribution in [0, 0.1) is 6.92 Å². The Morgan fingerprint density at radius 2 is 1.89 bits per heavy atom. The molecule has 2 aromatic carbocycles. The van der Waals surface area contributed by atoms with Crippen molar-refractivity contribution >= 4 is 17.5 Å². The number of carbonyl (C=O) groups excluding carboxylic acids is 1. The van der Waals surface area contributed by atoms with E-state index in [1.54, 1.807) is 6.08 Å². The minimum absolute atomic E-state index is 0.0995. The number of hydrogen-bond donors (Lipinski definition) is 1. The lowest BCUT2D eigenvalue weighted by Gasteiger charge is -1.99. The van der Waals surface area contributed by atoms with Crippen LogP contribution in [0.5, 0.6) is 0 Å². The molecule has 0 amide bonds. The summed E-state index contributed by atoms with van der Waals surface area (Å²) in [5, 5.41) is 0. The molecular weight excluding hydrogens is 234 g/mol. The molecule has 0 fully saturated rings. The van der Waals surface area contributed by atoms with Crippen LogP contribution in [0.25, 0.3) is 6.08 Å². The molecule has 0 saturated carbocycles. The first kappa shape index (κ1) is 13.1. The summed E-state index contributed by atoms with van der Waals surface area (Å²) < 4.78 is 0. The topological polar surface area (TPSA) is 43.1 Å². The normalized spacial score (nSPS) is 10.8. The van der Waals surface area contributed by atoms with Crippen molar-refractivity contribution in [1.82, 2.24) is 0 Å². The van der Waals surface area contributed by atoms with Crippen LogP contribution in [-0.2, 0) is 11.2 Å². The second-order valence-corrected chi connectivity index (χ2v) is 4.63. The third kappa shape index (κ3) is 4.11. The van der Waals surface area contributed by atoms with Gasteiger partial charge in [-0.15, -0.1) is 0 Å². The molecule has 0 heterocycles. The van der Waals surface area contributed by atoms with Crippen LogP contribution in [0.3, 0.4) is 0 Å². The molecule has 19 heavy (non-hydrogen) atoms. The minimum Gasteiger partial charge on any atom is -0.399 e. The van der Waals surface area contributed by atoms with Gasteiger partial charge in [0, 0.05) is 12.1 Å². The van der Waals surface area contributed by atoms with Gasteiger partial charge in [-0.3, -0.25) is 4.79 Å². The van der Waals surface area contributed by atoms with E-state index in [0.29, 0.717) is 6.42 Å². The van der Waals surface area contributed by atoms with Crippen molar-refractivity contribution in [2.45, 2.75) is 13.3 Å². The number of carbonyl (C=O) groups is 1. The predicted octanol–water partition coefficient (Wildman–Crippen LogP) is 3.40. The average molecular weight is 251 g/mol. The molecule has 0 bridgehead atoms. The molecule has 2 heteroatoms. The summed E-state index contributed by atoms with van der Waals surface area (Å²) in [4.78, 5) is 11.9. The van der Waals surface area contributed by atoms with Crippen molar-refractivity contribution in [1.29, 1.82) is 0 Å². The molecule has 0 spiro atoms. The van der Waals surface area contributed by atoms with E-state index >= 15 is 0 Å². The maximum absolute atomic E-state index is 11.9. The van der Waals surface area contributed by atoms with Crippen molar-refractivity contribution < 1.29 is 4.79 Å². The lowest BCUT2D eigenvalue weighted by Crippen LogP contribution is -1.98. The number of allylic oxidation sites excluding steroid dienone is 1. The van der Waals surface area contributed by atoms with E-state index in [1.807, 2.05) is 61.5 Å². The van der Waals surface area contributed by atoms with Gasteiger partial charge in [0.25, 0.3) is 0 Å². The number of nitrogen functional groups attached to an aromatic ring is 1. The van der Waals surface area contributed by atoms with Gasteiger partial charge >= 0.3 is 0 Å². The number of ketones is 1. The summed E-state index contributed by atoms with van der Waals surface area (Å²) in [5.74, 6) is 0.0995. The fourth-order valence-electron chi connectivity index (χ4n) is 1.88. The van der Waals surface area contributed by atoms with Gasteiger partial charge in [-0.05, 0) is 36.3 Å². The Hall–Kier alpha value is -2.35. The highest BCUT2D eigenvalue weighted by Gasteiger charge is 2.00. The number of aryl methyl sites for hydroxylation is 1. The highest BCUT2D eigenvalue weighted by Crippen LogP contribution is 2.09. The summed E-state index contributed by atoms with van der Waals surface area (Å²) in [7, 11) is 0. The molecule has 2 aromatic rings. The molecule has 0 aliphatic rings. The Balaban J connectivity index is 1.99. The number of benzene rings is 2. The summed E-state index contributed by atoms with van der Waals surface area (Å²) in [6.45, 7) is 2.03. The molecular formula is C17H17NO. The van der Waals surface area contributed by atoms with Gasteiger partial charge in [0.2, 0.25) is 0 Å². The van der Waals surface area contributed by atoms with E-state index < -0.39 is 0 Å². The Labute approximate surface area is 113 Å². The molecule has 2 rings (SSSR count). The predicted molar refractivity (Wildman–Crippen MR) is 79.8 cm³/mol. The van der Waals surface area contributed by atoms with Crippen molar-refractivity contribution in [2.75, 3.05) is 5.73 Å². The van der Waals surface area contributed by atoms with Crippen molar-refractivity contribution in [3.63, 3.8) is 0 Å². The molecule has 0 aliphatic heterocycles. The van der Waals surface area contributed by atoms with Gasteiger partial charge in [-0.1, -0.05) is 48.0 Å². The molecule has 96 valence electrons. The van der Waals surface area contributed by atoms with Crippen molar-refractivity contribution in [2.24, 2.45) is 0 Å². The van der Waals surface area contributed by atoms with E-state index in [1.165, 1.54) is 5.56 Å². The highest BCUT2D eigenvalue weighted by molar-refractivity contribution is 5.95. The summed E-state index contributed by atoms with van der Waals surface area (Å²) in [5.41, 5.74) is 9.53. The van der Waals surface area contributed by atoms with E-state index in [-0.39, 0.29) is 5.78 Å². The van der Waals surface area contributed by atoms with E-state index in [4.69, 9.17) is 5.73 Å². The summed E-state index contributed by atoms with van der Waals surface area (Å²) >= 11 is 0. The Morgan fingerprint density at radius 3 is 2.58 bits per heavy atom. The van der Waals surface area contributed by atoms with E-state index in [9.17, 15) is 4.79 Å². The second kappa shape index (κ2) is 6.01. The maximum atomic E-state index is 11.9. The number of anilines is 1. The molecule has 0 unspecified atom stereocenters. The molecule has 0 atom stereocenters. The first-order chi connectivity index (χ1) is 9.13. The van der Waals surface area contributed by atoms with Crippen molar-refractivity contribution in [3.05, 3.63) is 71.3 Å². The molecule has 2 nitrogen and oxygen atoms in total. The van der Waals surface area contributed by atoms with Gasteiger partial charge in [-0.25, -0.2) is 0 Å². The zero-order valence-corrected chi connectivity index (χ0v) is 11.0. The number of hydrogen-bond acceptors (Lipinski definition) is 2. The number of nitrogens with two attached hydrogens (primary N) is 1. The first-order valence-corrected chi connectivity index (χ1v) is 6.25. The smallest absolute Gasteiger partial charge is 0.160 e. The molecule has 0 saturated heterocycles. The van der Waals surface area contributed by atoms with Crippen LogP contribution in [0.15, 0.2) is 54.6 Å². The monoisotopic (exact) mass is 251 g/mol. The molecule has 2 N–H and O–H groups in total. The Bertz CT molecular complexity index is 597. The zero-order valence-electron chi connectivity index (χ0n) is 11.0. The lowest BCUT2D eigenvalue weighted by molar-refractivity contribution is -0.113. The van der Waals surface area contributed by atoms with Gasteiger partial charge in [0.15, 0.2) is 5.78 Å². The highest BCUT2D eigenvalue weighted by atomic mass is 16.1. The SMILES string of the molecule is Cc1cccc(CC(=O)/C=C/c2ccc(N)cc2)c1. The molecule has 0 aliphatic carbocycles. The van der Waals surface area contributed by atoms with Gasteiger partial charge in [0.1, 0.15) is 0 Å². The van der Waals surface area contributed by atoms with Crippen LogP contribution in [0.4, 0.5) is 5.69 Å². The van der Waals surface area contributed by atoms with E-state index in [2.05, 4.69) is 0 Å². The zero-order chi connectivity index (χ0) is 13.7. The Morgan fingerprint density at radius 1 is 1.16 bits per heavy atom. The quantitative estimate of drug-likeness (QED) is 0.668. The average Bonchev–Trinajstić information content (AvgIpc) is 2.38. The molecule has 0 aromatic heterocycles. The standard InChI is InChI=1S/C17H17NO/c1-13-3-2-4-15(11-13)12-17(19)10-7-14-5-8-16(18)9-6-14/h2-11H,12,18H2,1H3/b10-7+. The van der Waals surface area contributed by atoms with Crippen LogP contribution < -0.4 is 5.73 Å². The minimum atomic E-state index is 0.0995.